The molecule has 1 heterocycles. The number of amides is 1. The number of carbonyl (C=O) groups excluding carboxylic acids is 1. The Hall–Kier alpha value is -1.10. The predicted molar refractivity (Wildman–Crippen MR) is 96.1 cm³/mol. The molecule has 1 fully saturated rings. The first-order valence-corrected chi connectivity index (χ1v) is 8.18. The molecule has 0 radical (unpaired) electrons. The van der Waals surface area contributed by atoms with Crippen LogP contribution in [0, 0.1) is 5.92 Å². The molecule has 1 amide bonds. The fraction of sp³-hybridized carbons (Fsp3) is 0.611. The van der Waals surface area contributed by atoms with Crippen LogP contribution in [0.3, 0.4) is 0 Å². The third-order valence-corrected chi connectivity index (χ3v) is 4.73. The second-order valence-corrected chi connectivity index (χ2v) is 6.42. The molecule has 0 spiro atoms. The van der Waals surface area contributed by atoms with Gasteiger partial charge >= 0.3 is 0 Å². The van der Waals surface area contributed by atoms with Crippen molar-refractivity contribution in [2.45, 2.75) is 38.2 Å². The Balaban J connectivity index is 0.00000264. The van der Waals surface area contributed by atoms with Gasteiger partial charge in [-0.05, 0) is 37.4 Å². The van der Waals surface area contributed by atoms with Gasteiger partial charge in [-0.2, -0.15) is 0 Å². The van der Waals surface area contributed by atoms with E-state index in [1.807, 2.05) is 6.07 Å². The molecule has 2 N–H and O–H groups in total. The van der Waals surface area contributed by atoms with E-state index >= 15 is 0 Å². The molecule has 0 bridgehead atoms. The van der Waals surface area contributed by atoms with Gasteiger partial charge in [-0.25, -0.2) is 0 Å². The number of hydrogen-bond donors (Lipinski definition) is 2. The van der Waals surface area contributed by atoms with Crippen LogP contribution in [0.4, 0.5) is 0 Å². The summed E-state index contributed by atoms with van der Waals surface area (Å²) in [6.45, 7) is 6.70. The summed E-state index contributed by atoms with van der Waals surface area (Å²) >= 11 is 0. The van der Waals surface area contributed by atoms with Crippen LogP contribution in [-0.4, -0.2) is 38.3 Å². The van der Waals surface area contributed by atoms with Gasteiger partial charge in [0.15, 0.2) is 0 Å². The largest absolute Gasteiger partial charge is 0.368 e. The minimum absolute atomic E-state index is 0. The van der Waals surface area contributed by atoms with Crippen molar-refractivity contribution in [3.63, 3.8) is 0 Å². The summed E-state index contributed by atoms with van der Waals surface area (Å²) in [5.74, 6) is 0.813. The van der Waals surface area contributed by atoms with Gasteiger partial charge in [0.25, 0.3) is 5.91 Å². The van der Waals surface area contributed by atoms with Gasteiger partial charge in [-0.1, -0.05) is 44.2 Å². The SMILES string of the molecule is COC1(C(=O)NCC(c2ccccc2)C(C)C)CCNCC1.Cl. The lowest BCUT2D eigenvalue weighted by Crippen LogP contribution is -2.54. The normalized spacial score (nSPS) is 18.1. The summed E-state index contributed by atoms with van der Waals surface area (Å²) in [5.41, 5.74) is 0.610. The zero-order chi connectivity index (χ0) is 16.0. The van der Waals surface area contributed by atoms with Crippen molar-refractivity contribution in [2.24, 2.45) is 5.92 Å². The zero-order valence-corrected chi connectivity index (χ0v) is 15.1. The van der Waals surface area contributed by atoms with E-state index in [-0.39, 0.29) is 18.3 Å². The van der Waals surface area contributed by atoms with Gasteiger partial charge in [-0.15, -0.1) is 12.4 Å². The molecule has 1 saturated heterocycles. The highest BCUT2D eigenvalue weighted by molar-refractivity contribution is 5.85. The molecule has 1 aliphatic heterocycles. The van der Waals surface area contributed by atoms with Crippen LogP contribution in [0.2, 0.25) is 0 Å². The van der Waals surface area contributed by atoms with E-state index in [9.17, 15) is 4.79 Å². The fourth-order valence-corrected chi connectivity index (χ4v) is 3.16. The smallest absolute Gasteiger partial charge is 0.252 e. The number of methoxy groups -OCH3 is 1. The first kappa shape index (κ1) is 19.9. The Labute approximate surface area is 145 Å². The topological polar surface area (TPSA) is 50.4 Å². The van der Waals surface area contributed by atoms with E-state index in [0.29, 0.717) is 18.4 Å². The van der Waals surface area contributed by atoms with Crippen LogP contribution in [-0.2, 0) is 9.53 Å². The average molecular weight is 341 g/mol. The molecule has 1 unspecified atom stereocenters. The monoisotopic (exact) mass is 340 g/mol. The molecule has 2 rings (SSSR count). The second kappa shape index (κ2) is 9.26. The van der Waals surface area contributed by atoms with E-state index in [4.69, 9.17) is 4.74 Å². The van der Waals surface area contributed by atoms with E-state index in [1.54, 1.807) is 7.11 Å². The van der Waals surface area contributed by atoms with Crippen molar-refractivity contribution < 1.29 is 9.53 Å². The Kier molecular flexibility index (Phi) is 8.03. The highest BCUT2D eigenvalue weighted by Gasteiger charge is 2.39. The summed E-state index contributed by atoms with van der Waals surface area (Å²) in [6.07, 6.45) is 1.46. The van der Waals surface area contributed by atoms with Crippen LogP contribution in [0.25, 0.3) is 0 Å². The minimum Gasteiger partial charge on any atom is -0.368 e. The number of carbonyl (C=O) groups is 1. The molecule has 23 heavy (non-hydrogen) atoms. The molecule has 130 valence electrons. The number of rotatable bonds is 6. The first-order valence-electron chi connectivity index (χ1n) is 8.18. The van der Waals surface area contributed by atoms with Crippen molar-refractivity contribution in [2.75, 3.05) is 26.7 Å². The standard InChI is InChI=1S/C18H28N2O2.ClH/c1-14(2)16(15-7-5-4-6-8-15)13-20-17(21)18(22-3)9-11-19-12-10-18;/h4-8,14,16,19H,9-13H2,1-3H3,(H,20,21);1H. The van der Waals surface area contributed by atoms with Gasteiger partial charge in [-0.3, -0.25) is 4.79 Å². The summed E-state index contributed by atoms with van der Waals surface area (Å²) in [6, 6.07) is 10.4. The van der Waals surface area contributed by atoms with Gasteiger partial charge in [0.05, 0.1) is 0 Å². The van der Waals surface area contributed by atoms with Crippen molar-refractivity contribution in [1.82, 2.24) is 10.6 Å². The van der Waals surface area contributed by atoms with E-state index in [2.05, 4.69) is 48.7 Å². The van der Waals surface area contributed by atoms with E-state index in [1.165, 1.54) is 5.56 Å². The molecule has 0 aliphatic carbocycles. The number of ether oxygens (including phenoxy) is 1. The lowest BCUT2D eigenvalue weighted by molar-refractivity contribution is -0.146. The molecule has 0 aromatic heterocycles. The number of piperidine rings is 1. The Bertz CT molecular complexity index is 473. The maximum atomic E-state index is 12.6. The third kappa shape index (κ3) is 4.93. The molecular formula is C18H29ClN2O2. The average Bonchev–Trinajstić information content (AvgIpc) is 2.56. The molecule has 0 saturated carbocycles. The van der Waals surface area contributed by atoms with Crippen molar-refractivity contribution in [3.05, 3.63) is 35.9 Å². The highest BCUT2D eigenvalue weighted by Crippen LogP contribution is 2.26. The van der Waals surface area contributed by atoms with Crippen molar-refractivity contribution >= 4 is 18.3 Å². The van der Waals surface area contributed by atoms with Crippen molar-refractivity contribution in [3.8, 4) is 0 Å². The summed E-state index contributed by atoms with van der Waals surface area (Å²) in [7, 11) is 1.64. The lowest BCUT2D eigenvalue weighted by Gasteiger charge is -2.35. The summed E-state index contributed by atoms with van der Waals surface area (Å²) in [4.78, 5) is 12.6. The van der Waals surface area contributed by atoms with Gasteiger partial charge < -0.3 is 15.4 Å². The molecule has 5 heteroatoms. The zero-order valence-electron chi connectivity index (χ0n) is 14.3. The van der Waals surface area contributed by atoms with Gasteiger partial charge in [0.1, 0.15) is 5.60 Å². The molecule has 1 atom stereocenters. The van der Waals surface area contributed by atoms with Gasteiger partial charge in [0, 0.05) is 19.6 Å². The quantitative estimate of drug-likeness (QED) is 0.837. The second-order valence-electron chi connectivity index (χ2n) is 6.42. The highest BCUT2D eigenvalue weighted by atomic mass is 35.5. The lowest BCUT2D eigenvalue weighted by atomic mass is 9.87. The van der Waals surface area contributed by atoms with E-state index < -0.39 is 5.60 Å². The van der Waals surface area contributed by atoms with Crippen LogP contribution in [0.1, 0.15) is 38.2 Å². The third-order valence-electron chi connectivity index (χ3n) is 4.73. The fourth-order valence-electron chi connectivity index (χ4n) is 3.16. The van der Waals surface area contributed by atoms with Crippen LogP contribution in [0.5, 0.6) is 0 Å². The first-order chi connectivity index (χ1) is 10.6. The number of nitrogens with one attached hydrogen (secondary N) is 2. The van der Waals surface area contributed by atoms with Crippen molar-refractivity contribution in [1.29, 1.82) is 0 Å². The molecule has 1 aliphatic rings. The summed E-state index contributed by atoms with van der Waals surface area (Å²) < 4.78 is 5.59. The maximum absolute atomic E-state index is 12.6. The Morgan fingerprint density at radius 1 is 1.26 bits per heavy atom. The molecular weight excluding hydrogens is 312 g/mol. The Morgan fingerprint density at radius 3 is 2.39 bits per heavy atom. The summed E-state index contributed by atoms with van der Waals surface area (Å²) in [5, 5.41) is 6.41. The van der Waals surface area contributed by atoms with Crippen LogP contribution < -0.4 is 10.6 Å². The number of benzene rings is 1. The van der Waals surface area contributed by atoms with Gasteiger partial charge in [0.2, 0.25) is 0 Å². The minimum atomic E-state index is -0.663. The maximum Gasteiger partial charge on any atom is 0.252 e. The molecule has 4 nitrogen and oxygen atoms in total. The molecule has 1 aromatic rings. The van der Waals surface area contributed by atoms with E-state index in [0.717, 1.165) is 25.9 Å². The predicted octanol–water partition coefficient (Wildman–Crippen LogP) is 2.73. The van der Waals surface area contributed by atoms with Crippen LogP contribution >= 0.6 is 12.4 Å². The number of halogens is 1. The number of hydrogen-bond acceptors (Lipinski definition) is 3. The molecule has 1 aromatic carbocycles. The Morgan fingerprint density at radius 2 is 1.87 bits per heavy atom. The van der Waals surface area contributed by atoms with Crippen LogP contribution in [0.15, 0.2) is 30.3 Å².